The van der Waals surface area contributed by atoms with E-state index in [2.05, 4.69) is 5.32 Å². The van der Waals surface area contributed by atoms with Crippen molar-refractivity contribution in [3.05, 3.63) is 65.2 Å². The maximum Gasteiger partial charge on any atom is 0.261 e. The first-order valence-corrected chi connectivity index (χ1v) is 10.8. The molecule has 5 nitrogen and oxygen atoms in total. The summed E-state index contributed by atoms with van der Waals surface area (Å²) in [5.74, 6) is 0.401. The molecular formula is C25H32N2O3. The second-order valence-electron chi connectivity index (χ2n) is 8.16. The zero-order chi connectivity index (χ0) is 21.5. The summed E-state index contributed by atoms with van der Waals surface area (Å²) in [4.78, 5) is 27.6. The van der Waals surface area contributed by atoms with E-state index in [-0.39, 0.29) is 24.5 Å². The van der Waals surface area contributed by atoms with Crippen LogP contribution < -0.4 is 10.1 Å². The molecule has 1 fully saturated rings. The molecule has 1 aliphatic carbocycles. The summed E-state index contributed by atoms with van der Waals surface area (Å²) in [5.41, 5.74) is 3.12. The molecule has 0 heterocycles. The molecule has 2 aromatic carbocycles. The third-order valence-electron chi connectivity index (χ3n) is 5.97. The van der Waals surface area contributed by atoms with E-state index in [1.54, 1.807) is 11.8 Å². The van der Waals surface area contributed by atoms with Crippen LogP contribution in [0.3, 0.4) is 0 Å². The molecule has 0 aromatic heterocycles. The standard InChI is InChI=1S/C25H32N2O3/c1-18-10-9-15-23(19(18)2)30-17-24(28)27(16-21-11-5-4-6-12-21)20(3)25(29)26-22-13-7-8-14-22/h4-6,9-12,15,20,22H,7-8,13-14,16-17H2,1-3H3,(H,26,29). The molecule has 2 amide bonds. The van der Waals surface area contributed by atoms with Crippen LogP contribution in [-0.2, 0) is 16.1 Å². The fourth-order valence-corrected chi connectivity index (χ4v) is 3.86. The van der Waals surface area contributed by atoms with Gasteiger partial charge in [-0.2, -0.15) is 0 Å². The predicted octanol–water partition coefficient (Wildman–Crippen LogP) is 4.16. The molecule has 0 radical (unpaired) electrons. The van der Waals surface area contributed by atoms with Crippen molar-refractivity contribution in [2.24, 2.45) is 0 Å². The summed E-state index contributed by atoms with van der Waals surface area (Å²) in [6.45, 7) is 6.06. The Labute approximate surface area is 179 Å². The summed E-state index contributed by atoms with van der Waals surface area (Å²) < 4.78 is 5.84. The third-order valence-corrected chi connectivity index (χ3v) is 5.97. The first-order chi connectivity index (χ1) is 14.5. The SMILES string of the molecule is Cc1cccc(OCC(=O)N(Cc2ccccc2)C(C)C(=O)NC2CCCC2)c1C. The van der Waals surface area contributed by atoms with Gasteiger partial charge >= 0.3 is 0 Å². The number of nitrogens with zero attached hydrogens (tertiary/aromatic N) is 1. The van der Waals surface area contributed by atoms with E-state index in [1.165, 1.54) is 0 Å². The Hall–Kier alpha value is -2.82. The molecule has 1 saturated carbocycles. The smallest absolute Gasteiger partial charge is 0.261 e. The highest BCUT2D eigenvalue weighted by atomic mass is 16.5. The highest BCUT2D eigenvalue weighted by molar-refractivity contribution is 5.88. The number of carbonyl (C=O) groups excluding carboxylic acids is 2. The maximum atomic E-state index is 13.1. The number of nitrogens with one attached hydrogen (secondary N) is 1. The van der Waals surface area contributed by atoms with Gasteiger partial charge in [0.15, 0.2) is 6.61 Å². The number of carbonyl (C=O) groups is 2. The van der Waals surface area contributed by atoms with Gasteiger partial charge in [0.2, 0.25) is 5.91 Å². The minimum absolute atomic E-state index is 0.0990. The zero-order valence-electron chi connectivity index (χ0n) is 18.2. The first-order valence-electron chi connectivity index (χ1n) is 10.8. The lowest BCUT2D eigenvalue weighted by molar-refractivity contribution is -0.142. The Bertz CT molecular complexity index is 860. The molecule has 5 heteroatoms. The molecule has 30 heavy (non-hydrogen) atoms. The van der Waals surface area contributed by atoms with Gasteiger partial charge in [-0.05, 0) is 56.4 Å². The quantitative estimate of drug-likeness (QED) is 0.714. The predicted molar refractivity (Wildman–Crippen MR) is 118 cm³/mol. The van der Waals surface area contributed by atoms with Gasteiger partial charge in [-0.3, -0.25) is 9.59 Å². The Morgan fingerprint density at radius 3 is 2.47 bits per heavy atom. The van der Waals surface area contributed by atoms with Gasteiger partial charge in [-0.25, -0.2) is 0 Å². The van der Waals surface area contributed by atoms with Crippen LogP contribution in [0, 0.1) is 13.8 Å². The molecule has 0 bridgehead atoms. The number of ether oxygens (including phenoxy) is 1. The molecule has 1 atom stereocenters. The molecular weight excluding hydrogens is 376 g/mol. The number of aryl methyl sites for hydroxylation is 1. The minimum atomic E-state index is -0.569. The lowest BCUT2D eigenvalue weighted by Crippen LogP contribution is -2.50. The molecule has 0 saturated heterocycles. The van der Waals surface area contributed by atoms with E-state index < -0.39 is 6.04 Å². The molecule has 1 unspecified atom stereocenters. The number of amides is 2. The summed E-state index contributed by atoms with van der Waals surface area (Å²) in [6, 6.07) is 15.2. The van der Waals surface area contributed by atoms with Crippen LogP contribution in [0.5, 0.6) is 5.75 Å². The van der Waals surface area contributed by atoms with Crippen molar-refractivity contribution >= 4 is 11.8 Å². The second kappa shape index (κ2) is 10.3. The number of benzene rings is 2. The highest BCUT2D eigenvalue weighted by Crippen LogP contribution is 2.21. The van der Waals surface area contributed by atoms with Gasteiger partial charge in [0.1, 0.15) is 11.8 Å². The highest BCUT2D eigenvalue weighted by Gasteiger charge is 2.28. The third kappa shape index (κ3) is 5.62. The van der Waals surface area contributed by atoms with Crippen molar-refractivity contribution in [2.45, 2.75) is 65.1 Å². The summed E-state index contributed by atoms with van der Waals surface area (Å²) >= 11 is 0. The molecule has 160 valence electrons. The van der Waals surface area contributed by atoms with Gasteiger partial charge in [-0.1, -0.05) is 55.3 Å². The van der Waals surface area contributed by atoms with Crippen LogP contribution >= 0.6 is 0 Å². The van der Waals surface area contributed by atoms with Crippen LogP contribution in [-0.4, -0.2) is 35.4 Å². The molecule has 0 spiro atoms. The van der Waals surface area contributed by atoms with Gasteiger partial charge < -0.3 is 15.0 Å². The van der Waals surface area contributed by atoms with E-state index in [9.17, 15) is 9.59 Å². The summed E-state index contributed by atoms with van der Waals surface area (Å²) in [5, 5.41) is 3.12. The van der Waals surface area contributed by atoms with Crippen LogP contribution in [0.1, 0.15) is 49.3 Å². The molecule has 0 aliphatic heterocycles. The van der Waals surface area contributed by atoms with Crippen molar-refractivity contribution in [3.63, 3.8) is 0 Å². The maximum absolute atomic E-state index is 13.1. The van der Waals surface area contributed by atoms with Crippen molar-refractivity contribution in [1.29, 1.82) is 0 Å². The minimum Gasteiger partial charge on any atom is -0.483 e. The average Bonchev–Trinajstić information content (AvgIpc) is 3.26. The van der Waals surface area contributed by atoms with Gasteiger partial charge in [0.05, 0.1) is 0 Å². The van der Waals surface area contributed by atoms with Crippen LogP contribution in [0.2, 0.25) is 0 Å². The topological polar surface area (TPSA) is 58.6 Å². The van der Waals surface area contributed by atoms with E-state index in [1.807, 2.05) is 62.4 Å². The van der Waals surface area contributed by atoms with E-state index in [0.717, 1.165) is 42.4 Å². The average molecular weight is 409 g/mol. The molecule has 3 rings (SSSR count). The molecule has 2 aromatic rings. The van der Waals surface area contributed by atoms with E-state index in [0.29, 0.717) is 12.3 Å². The number of hydrogen-bond acceptors (Lipinski definition) is 3. The molecule has 1 N–H and O–H groups in total. The fraction of sp³-hybridized carbons (Fsp3) is 0.440. The largest absolute Gasteiger partial charge is 0.483 e. The first kappa shape index (κ1) is 21.9. The normalized spacial score (nSPS) is 14.9. The zero-order valence-corrected chi connectivity index (χ0v) is 18.2. The van der Waals surface area contributed by atoms with Crippen molar-refractivity contribution in [1.82, 2.24) is 10.2 Å². The fourth-order valence-electron chi connectivity index (χ4n) is 3.86. The Balaban J connectivity index is 1.71. The van der Waals surface area contributed by atoms with Gasteiger partial charge in [0, 0.05) is 12.6 Å². The van der Waals surface area contributed by atoms with Crippen molar-refractivity contribution < 1.29 is 14.3 Å². The van der Waals surface area contributed by atoms with E-state index >= 15 is 0 Å². The monoisotopic (exact) mass is 408 g/mol. The number of rotatable bonds is 8. The van der Waals surface area contributed by atoms with Crippen molar-refractivity contribution in [3.8, 4) is 5.75 Å². The van der Waals surface area contributed by atoms with Crippen molar-refractivity contribution in [2.75, 3.05) is 6.61 Å². The Morgan fingerprint density at radius 1 is 1.07 bits per heavy atom. The molecule has 1 aliphatic rings. The Morgan fingerprint density at radius 2 is 1.77 bits per heavy atom. The van der Waals surface area contributed by atoms with Crippen LogP contribution in [0.4, 0.5) is 0 Å². The van der Waals surface area contributed by atoms with Crippen LogP contribution in [0.25, 0.3) is 0 Å². The lowest BCUT2D eigenvalue weighted by atomic mass is 10.1. The Kier molecular flexibility index (Phi) is 7.50. The van der Waals surface area contributed by atoms with Gasteiger partial charge in [-0.15, -0.1) is 0 Å². The number of hydrogen-bond donors (Lipinski definition) is 1. The summed E-state index contributed by atoms with van der Waals surface area (Å²) in [7, 11) is 0. The second-order valence-corrected chi connectivity index (χ2v) is 8.16. The van der Waals surface area contributed by atoms with Crippen LogP contribution in [0.15, 0.2) is 48.5 Å². The van der Waals surface area contributed by atoms with E-state index in [4.69, 9.17) is 4.74 Å². The van der Waals surface area contributed by atoms with Gasteiger partial charge in [0.25, 0.3) is 5.91 Å². The summed E-state index contributed by atoms with van der Waals surface area (Å²) in [6.07, 6.45) is 4.33. The lowest BCUT2D eigenvalue weighted by Gasteiger charge is -2.29.